The van der Waals surface area contributed by atoms with E-state index in [1.54, 1.807) is 7.11 Å². The molecule has 0 saturated heterocycles. The van der Waals surface area contributed by atoms with E-state index in [1.807, 2.05) is 13.8 Å². The summed E-state index contributed by atoms with van der Waals surface area (Å²) in [6, 6.07) is 0.207. The zero-order chi connectivity index (χ0) is 15.4. The molecule has 0 heterocycles. The molecule has 0 aliphatic carbocycles. The van der Waals surface area contributed by atoms with Gasteiger partial charge in [0.25, 0.3) is 0 Å². The zero-order valence-electron chi connectivity index (χ0n) is 13.8. The van der Waals surface area contributed by atoms with Crippen molar-refractivity contribution in [1.82, 2.24) is 10.2 Å². The average molecular weight is 288 g/mol. The average Bonchev–Trinajstić information content (AvgIpc) is 2.45. The lowest BCUT2D eigenvalue weighted by molar-refractivity contribution is -0.146. The van der Waals surface area contributed by atoms with Crippen LogP contribution in [0.15, 0.2) is 0 Å². The van der Waals surface area contributed by atoms with Crippen LogP contribution in [-0.4, -0.2) is 62.9 Å². The maximum absolute atomic E-state index is 12.0. The molecule has 0 aromatic rings. The predicted molar refractivity (Wildman–Crippen MR) is 81.9 cm³/mol. The molecule has 0 fully saturated rings. The molecule has 1 N–H and O–H groups in total. The van der Waals surface area contributed by atoms with E-state index >= 15 is 0 Å². The van der Waals surface area contributed by atoms with E-state index in [4.69, 9.17) is 9.47 Å². The quantitative estimate of drug-likeness (QED) is 0.554. The van der Waals surface area contributed by atoms with Crippen molar-refractivity contribution in [3.8, 4) is 0 Å². The number of carbonyl (C=O) groups is 1. The lowest BCUT2D eigenvalue weighted by Crippen LogP contribution is -2.50. The first-order chi connectivity index (χ1) is 9.64. The number of ether oxygens (including phenoxy) is 2. The van der Waals surface area contributed by atoms with E-state index < -0.39 is 0 Å². The molecule has 120 valence electrons. The van der Waals surface area contributed by atoms with Crippen LogP contribution in [0.4, 0.5) is 0 Å². The van der Waals surface area contributed by atoms with Gasteiger partial charge in [-0.05, 0) is 26.3 Å². The summed E-state index contributed by atoms with van der Waals surface area (Å²) in [6.45, 7) is 11.6. The van der Waals surface area contributed by atoms with Gasteiger partial charge in [-0.25, -0.2) is 0 Å². The third-order valence-electron chi connectivity index (χ3n) is 3.48. The molecule has 5 nitrogen and oxygen atoms in total. The summed E-state index contributed by atoms with van der Waals surface area (Å²) >= 11 is 0. The highest BCUT2D eigenvalue weighted by Crippen LogP contribution is 2.10. The highest BCUT2D eigenvalue weighted by Gasteiger charge is 2.24. The molecule has 0 aliphatic rings. The number of methoxy groups -OCH3 is 1. The van der Waals surface area contributed by atoms with Crippen LogP contribution in [0.2, 0.25) is 0 Å². The number of hydrogen-bond donors (Lipinski definition) is 1. The number of esters is 1. The Balaban J connectivity index is 4.71. The van der Waals surface area contributed by atoms with E-state index in [-0.39, 0.29) is 12.0 Å². The summed E-state index contributed by atoms with van der Waals surface area (Å²) < 4.78 is 10.3. The van der Waals surface area contributed by atoms with Gasteiger partial charge in [-0.3, -0.25) is 9.69 Å². The standard InChI is InChI=1S/C15H32N2O3/c1-6-13(7-2)17(10-11-19-5)12-14(16-8-3)15(18)20-9-4/h13-14,16H,6-12H2,1-5H3. The fraction of sp³-hybridized carbons (Fsp3) is 0.933. The van der Waals surface area contributed by atoms with Crippen LogP contribution in [0.1, 0.15) is 40.5 Å². The van der Waals surface area contributed by atoms with Crippen molar-refractivity contribution in [3.05, 3.63) is 0 Å². The van der Waals surface area contributed by atoms with Crippen molar-refractivity contribution in [2.75, 3.05) is 40.0 Å². The Labute approximate surface area is 124 Å². The molecule has 0 radical (unpaired) electrons. The summed E-state index contributed by atoms with van der Waals surface area (Å²) in [5, 5.41) is 3.22. The third kappa shape index (κ3) is 7.22. The lowest BCUT2D eigenvalue weighted by Gasteiger charge is -2.33. The highest BCUT2D eigenvalue weighted by atomic mass is 16.5. The monoisotopic (exact) mass is 288 g/mol. The minimum atomic E-state index is -0.266. The number of rotatable bonds is 12. The molecule has 0 spiro atoms. The molecule has 0 aromatic carbocycles. The van der Waals surface area contributed by atoms with Crippen LogP contribution in [0.3, 0.4) is 0 Å². The predicted octanol–water partition coefficient (Wildman–Crippen LogP) is 1.66. The Morgan fingerprint density at radius 1 is 1.20 bits per heavy atom. The maximum atomic E-state index is 12.0. The first-order valence-corrected chi connectivity index (χ1v) is 7.77. The molecular weight excluding hydrogens is 256 g/mol. The van der Waals surface area contributed by atoms with Gasteiger partial charge >= 0.3 is 5.97 Å². The van der Waals surface area contributed by atoms with Crippen LogP contribution in [-0.2, 0) is 14.3 Å². The minimum absolute atomic E-state index is 0.164. The number of carbonyl (C=O) groups excluding carboxylic acids is 1. The fourth-order valence-electron chi connectivity index (χ4n) is 2.38. The fourth-order valence-corrected chi connectivity index (χ4v) is 2.38. The number of likely N-dealkylation sites (N-methyl/N-ethyl adjacent to an activating group) is 1. The minimum Gasteiger partial charge on any atom is -0.465 e. The van der Waals surface area contributed by atoms with Crippen molar-refractivity contribution in [1.29, 1.82) is 0 Å². The van der Waals surface area contributed by atoms with Crippen molar-refractivity contribution >= 4 is 5.97 Å². The van der Waals surface area contributed by atoms with E-state index in [9.17, 15) is 4.79 Å². The molecular formula is C15H32N2O3. The second-order valence-corrected chi connectivity index (χ2v) is 4.82. The smallest absolute Gasteiger partial charge is 0.324 e. The maximum Gasteiger partial charge on any atom is 0.324 e. The zero-order valence-corrected chi connectivity index (χ0v) is 13.8. The largest absolute Gasteiger partial charge is 0.465 e. The Kier molecular flexibility index (Phi) is 11.7. The van der Waals surface area contributed by atoms with E-state index in [1.165, 1.54) is 0 Å². The normalized spacial score (nSPS) is 12.9. The van der Waals surface area contributed by atoms with Crippen LogP contribution >= 0.6 is 0 Å². The van der Waals surface area contributed by atoms with Gasteiger partial charge in [0.05, 0.1) is 13.2 Å². The van der Waals surface area contributed by atoms with Gasteiger partial charge in [-0.2, -0.15) is 0 Å². The summed E-state index contributed by atoms with van der Waals surface area (Å²) in [7, 11) is 1.71. The third-order valence-corrected chi connectivity index (χ3v) is 3.48. The number of nitrogens with zero attached hydrogens (tertiary/aromatic N) is 1. The van der Waals surface area contributed by atoms with Crippen LogP contribution < -0.4 is 5.32 Å². The molecule has 1 unspecified atom stereocenters. The second-order valence-electron chi connectivity index (χ2n) is 4.82. The van der Waals surface area contributed by atoms with Crippen LogP contribution in [0, 0.1) is 0 Å². The first-order valence-electron chi connectivity index (χ1n) is 7.77. The molecule has 0 aromatic heterocycles. The van der Waals surface area contributed by atoms with Crippen LogP contribution in [0.5, 0.6) is 0 Å². The van der Waals surface area contributed by atoms with E-state index in [0.717, 1.165) is 25.9 Å². The van der Waals surface area contributed by atoms with Gasteiger partial charge in [-0.15, -0.1) is 0 Å². The summed E-state index contributed by atoms with van der Waals surface area (Å²) in [5.41, 5.74) is 0. The lowest BCUT2D eigenvalue weighted by atomic mass is 10.1. The Hall–Kier alpha value is -0.650. The first kappa shape index (κ1) is 19.4. The topological polar surface area (TPSA) is 50.8 Å². The Bertz CT molecular complexity index is 245. The summed E-state index contributed by atoms with van der Waals surface area (Å²) in [6.07, 6.45) is 2.14. The second kappa shape index (κ2) is 12.1. The Morgan fingerprint density at radius 2 is 1.85 bits per heavy atom. The molecule has 0 amide bonds. The SMILES string of the molecule is CCNC(CN(CCOC)C(CC)CC)C(=O)OCC. The molecule has 5 heteroatoms. The van der Waals surface area contributed by atoms with E-state index in [2.05, 4.69) is 24.1 Å². The van der Waals surface area contributed by atoms with Gasteiger partial charge in [0.2, 0.25) is 0 Å². The molecule has 0 bridgehead atoms. The molecule has 20 heavy (non-hydrogen) atoms. The van der Waals surface area contributed by atoms with Crippen LogP contribution in [0.25, 0.3) is 0 Å². The van der Waals surface area contributed by atoms with Gasteiger partial charge in [0.15, 0.2) is 0 Å². The Morgan fingerprint density at radius 3 is 2.30 bits per heavy atom. The number of hydrogen-bond acceptors (Lipinski definition) is 5. The van der Waals surface area contributed by atoms with Crippen molar-refractivity contribution < 1.29 is 14.3 Å². The van der Waals surface area contributed by atoms with Gasteiger partial charge < -0.3 is 14.8 Å². The van der Waals surface area contributed by atoms with Crippen molar-refractivity contribution in [2.45, 2.75) is 52.6 Å². The molecule has 1 atom stereocenters. The summed E-state index contributed by atoms with van der Waals surface area (Å²) in [4.78, 5) is 14.3. The number of nitrogens with one attached hydrogen (secondary N) is 1. The van der Waals surface area contributed by atoms with Gasteiger partial charge in [0, 0.05) is 26.2 Å². The van der Waals surface area contributed by atoms with Crippen molar-refractivity contribution in [2.24, 2.45) is 0 Å². The molecule has 0 aliphatic heterocycles. The highest BCUT2D eigenvalue weighted by molar-refractivity contribution is 5.76. The van der Waals surface area contributed by atoms with Crippen molar-refractivity contribution in [3.63, 3.8) is 0 Å². The van der Waals surface area contributed by atoms with Gasteiger partial charge in [-0.1, -0.05) is 20.8 Å². The van der Waals surface area contributed by atoms with Gasteiger partial charge in [0.1, 0.15) is 6.04 Å². The molecule has 0 rings (SSSR count). The summed E-state index contributed by atoms with van der Waals surface area (Å²) in [5.74, 6) is -0.164. The van der Waals surface area contributed by atoms with E-state index in [0.29, 0.717) is 25.8 Å². The molecule has 0 saturated carbocycles.